The second-order valence-electron chi connectivity index (χ2n) is 6.59. The van der Waals surface area contributed by atoms with Gasteiger partial charge in [0.05, 0.1) is 18.3 Å². The van der Waals surface area contributed by atoms with E-state index in [0.29, 0.717) is 10.9 Å². The summed E-state index contributed by atoms with van der Waals surface area (Å²) in [4.78, 5) is 0. The van der Waals surface area contributed by atoms with Crippen LogP contribution in [0.15, 0.2) is 0 Å². The van der Waals surface area contributed by atoms with Gasteiger partial charge in [0, 0.05) is 0 Å². The number of methoxy groups -OCH3 is 1. The quantitative estimate of drug-likeness (QED) is 0.457. The van der Waals surface area contributed by atoms with E-state index in [0.717, 1.165) is 18.5 Å². The van der Waals surface area contributed by atoms with Crippen LogP contribution in [0.3, 0.4) is 0 Å². The van der Waals surface area contributed by atoms with Crippen molar-refractivity contribution in [3.05, 3.63) is 10.7 Å². The Balaban J connectivity index is 2.88. The molecule has 128 valence electrons. The molecule has 1 aromatic rings. The number of hydrogen-bond acceptors (Lipinski definition) is 2. The Hall–Kier alpha value is -0.700. The van der Waals surface area contributed by atoms with Gasteiger partial charge in [0.1, 0.15) is 5.02 Å². The minimum absolute atomic E-state index is 0.00846. The van der Waals surface area contributed by atoms with E-state index in [1.165, 1.54) is 44.9 Å². The van der Waals surface area contributed by atoms with E-state index in [-0.39, 0.29) is 5.54 Å². The van der Waals surface area contributed by atoms with Crippen molar-refractivity contribution in [3.8, 4) is 5.88 Å². The van der Waals surface area contributed by atoms with Crippen molar-refractivity contribution in [3.63, 3.8) is 0 Å². The average molecular weight is 329 g/mol. The molecule has 0 aliphatic rings. The Kier molecular flexibility index (Phi) is 8.30. The van der Waals surface area contributed by atoms with Gasteiger partial charge in [-0.25, -0.2) is 4.68 Å². The summed E-state index contributed by atoms with van der Waals surface area (Å²) in [6.45, 7) is 8.74. The van der Waals surface area contributed by atoms with Crippen LogP contribution < -0.4 is 4.74 Å². The monoisotopic (exact) mass is 328 g/mol. The number of aromatic nitrogens is 2. The summed E-state index contributed by atoms with van der Waals surface area (Å²) < 4.78 is 7.58. The summed E-state index contributed by atoms with van der Waals surface area (Å²) in [6, 6.07) is 0. The first-order valence-corrected chi connectivity index (χ1v) is 9.17. The fraction of sp³-hybridized carbons (Fsp3) is 0.833. The lowest BCUT2D eigenvalue weighted by molar-refractivity contribution is 0.200. The fourth-order valence-corrected chi connectivity index (χ4v) is 3.23. The molecule has 22 heavy (non-hydrogen) atoms. The van der Waals surface area contributed by atoms with Gasteiger partial charge < -0.3 is 4.74 Å². The van der Waals surface area contributed by atoms with Crippen molar-refractivity contribution in [1.82, 2.24) is 9.78 Å². The van der Waals surface area contributed by atoms with Gasteiger partial charge in [-0.15, -0.1) is 0 Å². The van der Waals surface area contributed by atoms with Crippen LogP contribution in [0.1, 0.15) is 84.3 Å². The van der Waals surface area contributed by atoms with E-state index in [2.05, 4.69) is 25.9 Å². The van der Waals surface area contributed by atoms with Gasteiger partial charge in [0.2, 0.25) is 5.88 Å². The maximum Gasteiger partial charge on any atom is 0.231 e. The second-order valence-corrected chi connectivity index (χ2v) is 6.96. The van der Waals surface area contributed by atoms with Gasteiger partial charge in [0.25, 0.3) is 0 Å². The highest BCUT2D eigenvalue weighted by molar-refractivity contribution is 6.32. The van der Waals surface area contributed by atoms with E-state index < -0.39 is 0 Å². The van der Waals surface area contributed by atoms with Gasteiger partial charge in [-0.2, -0.15) is 5.10 Å². The summed E-state index contributed by atoms with van der Waals surface area (Å²) in [6.07, 6.45) is 11.1. The molecule has 4 heteroatoms. The smallest absolute Gasteiger partial charge is 0.231 e. The molecule has 1 heterocycles. The van der Waals surface area contributed by atoms with E-state index in [9.17, 15) is 0 Å². The van der Waals surface area contributed by atoms with Crippen LogP contribution in [0.4, 0.5) is 0 Å². The molecule has 0 aliphatic heterocycles. The predicted octanol–water partition coefficient (Wildman–Crippen LogP) is 6.12. The molecular weight excluding hydrogens is 296 g/mol. The Bertz CT molecular complexity index is 445. The molecular formula is C18H33ClN2O. The van der Waals surface area contributed by atoms with Crippen molar-refractivity contribution in [2.75, 3.05) is 7.11 Å². The maximum atomic E-state index is 6.35. The molecule has 0 saturated heterocycles. The molecule has 3 nitrogen and oxygen atoms in total. The van der Waals surface area contributed by atoms with Crippen LogP contribution in [0.2, 0.25) is 5.02 Å². The van der Waals surface area contributed by atoms with Gasteiger partial charge in [-0.3, -0.25) is 0 Å². The highest BCUT2D eigenvalue weighted by atomic mass is 35.5. The van der Waals surface area contributed by atoms with Crippen molar-refractivity contribution >= 4 is 11.6 Å². The van der Waals surface area contributed by atoms with Gasteiger partial charge in [-0.05, 0) is 26.7 Å². The molecule has 0 aliphatic carbocycles. The SMILES string of the molecule is CCCCCCCC(C)(CCCC)n1nc(C)c(Cl)c1OC. The zero-order valence-corrected chi connectivity index (χ0v) is 15.8. The number of nitrogens with zero attached hydrogens (tertiary/aromatic N) is 2. The number of hydrogen-bond donors (Lipinski definition) is 0. The Labute approximate surface area is 141 Å². The highest BCUT2D eigenvalue weighted by Gasteiger charge is 2.31. The minimum atomic E-state index is -0.00846. The number of aryl methyl sites for hydroxylation is 1. The van der Waals surface area contributed by atoms with Gasteiger partial charge >= 0.3 is 0 Å². The fourth-order valence-electron chi connectivity index (χ4n) is 3.03. The van der Waals surface area contributed by atoms with E-state index in [1.54, 1.807) is 7.11 Å². The normalized spacial score (nSPS) is 14.1. The lowest BCUT2D eigenvalue weighted by atomic mass is 9.88. The van der Waals surface area contributed by atoms with Crippen molar-refractivity contribution in [2.45, 2.75) is 91.0 Å². The molecule has 0 bridgehead atoms. The van der Waals surface area contributed by atoms with Crippen LogP contribution >= 0.6 is 11.6 Å². The summed E-state index contributed by atoms with van der Waals surface area (Å²) in [5.41, 5.74) is 0.845. The van der Waals surface area contributed by atoms with Crippen LogP contribution in [-0.2, 0) is 5.54 Å². The average Bonchev–Trinajstić information content (AvgIpc) is 2.80. The topological polar surface area (TPSA) is 27.1 Å². The van der Waals surface area contributed by atoms with Gasteiger partial charge in [-0.1, -0.05) is 70.4 Å². The molecule has 0 spiro atoms. The Morgan fingerprint density at radius 1 is 1.05 bits per heavy atom. The molecule has 1 rings (SSSR count). The van der Waals surface area contributed by atoms with Crippen molar-refractivity contribution in [1.29, 1.82) is 0 Å². The molecule has 1 unspecified atom stereocenters. The van der Waals surface area contributed by atoms with Crippen LogP contribution in [0, 0.1) is 6.92 Å². The summed E-state index contributed by atoms with van der Waals surface area (Å²) in [7, 11) is 1.68. The first-order valence-electron chi connectivity index (χ1n) is 8.79. The summed E-state index contributed by atoms with van der Waals surface area (Å²) >= 11 is 6.35. The maximum absolute atomic E-state index is 6.35. The van der Waals surface area contributed by atoms with Gasteiger partial charge in [0.15, 0.2) is 0 Å². The molecule has 0 fully saturated rings. The number of unbranched alkanes of at least 4 members (excludes halogenated alkanes) is 5. The van der Waals surface area contributed by atoms with E-state index in [1.807, 2.05) is 11.6 Å². The van der Waals surface area contributed by atoms with E-state index in [4.69, 9.17) is 16.3 Å². The third-order valence-electron chi connectivity index (χ3n) is 4.54. The zero-order valence-electron chi connectivity index (χ0n) is 15.0. The molecule has 1 atom stereocenters. The van der Waals surface area contributed by atoms with Crippen LogP contribution in [0.25, 0.3) is 0 Å². The lowest BCUT2D eigenvalue weighted by Gasteiger charge is -2.31. The third kappa shape index (κ3) is 4.91. The van der Waals surface area contributed by atoms with Crippen molar-refractivity contribution < 1.29 is 4.74 Å². The largest absolute Gasteiger partial charge is 0.480 e. The van der Waals surface area contributed by atoms with Crippen LogP contribution in [-0.4, -0.2) is 16.9 Å². The predicted molar refractivity (Wildman–Crippen MR) is 95.1 cm³/mol. The number of rotatable bonds is 11. The first-order chi connectivity index (χ1) is 10.5. The number of halogens is 1. The molecule has 1 aromatic heterocycles. The summed E-state index contributed by atoms with van der Waals surface area (Å²) in [5.74, 6) is 0.714. The van der Waals surface area contributed by atoms with E-state index >= 15 is 0 Å². The lowest BCUT2D eigenvalue weighted by Crippen LogP contribution is -2.32. The second kappa shape index (κ2) is 9.44. The molecule has 0 amide bonds. The standard InChI is InChI=1S/C18H33ClN2O/c1-6-8-10-11-12-14-18(4,13-9-7-2)21-17(22-5)16(19)15(3)20-21/h6-14H2,1-5H3. The van der Waals surface area contributed by atoms with Crippen molar-refractivity contribution in [2.24, 2.45) is 0 Å². The molecule has 0 N–H and O–H groups in total. The molecule has 0 radical (unpaired) electrons. The highest BCUT2D eigenvalue weighted by Crippen LogP contribution is 2.37. The number of ether oxygens (including phenoxy) is 1. The molecule has 0 aromatic carbocycles. The summed E-state index contributed by atoms with van der Waals surface area (Å²) in [5, 5.41) is 5.33. The molecule has 0 saturated carbocycles. The third-order valence-corrected chi connectivity index (χ3v) is 4.98. The Morgan fingerprint density at radius 2 is 1.64 bits per heavy atom. The van der Waals surface area contributed by atoms with Crippen LogP contribution in [0.5, 0.6) is 5.88 Å². The zero-order chi connectivity index (χ0) is 16.6. The Morgan fingerprint density at radius 3 is 2.23 bits per heavy atom. The first kappa shape index (κ1) is 19.3. The minimum Gasteiger partial charge on any atom is -0.480 e.